The zero-order chi connectivity index (χ0) is 16.2. The Kier molecular flexibility index (Phi) is 4.88. The topological polar surface area (TPSA) is 61.9 Å². The molecule has 1 aromatic rings. The summed E-state index contributed by atoms with van der Waals surface area (Å²) in [7, 11) is 0. The van der Waals surface area contributed by atoms with E-state index in [1.807, 2.05) is 0 Å². The maximum Gasteiger partial charge on any atom is 0.242 e. The first-order valence-electron chi connectivity index (χ1n) is 7.77. The lowest BCUT2D eigenvalue weighted by Crippen LogP contribution is -2.53. The summed E-state index contributed by atoms with van der Waals surface area (Å²) < 4.78 is 19.5. The molecule has 124 valence electrons. The first-order chi connectivity index (χ1) is 11.1. The Morgan fingerprint density at radius 2 is 2.17 bits per heavy atom. The molecule has 0 unspecified atom stereocenters. The molecule has 3 rings (SSSR count). The lowest BCUT2D eigenvalue weighted by atomic mass is 10.1. The highest BCUT2D eigenvalue weighted by atomic mass is 19.1. The number of ether oxygens (including phenoxy) is 1. The number of piperazine rings is 1. The van der Waals surface area contributed by atoms with E-state index >= 15 is 0 Å². The monoisotopic (exact) mass is 321 g/mol. The van der Waals surface area contributed by atoms with Crippen molar-refractivity contribution < 1.29 is 18.7 Å². The van der Waals surface area contributed by atoms with Gasteiger partial charge < -0.3 is 19.9 Å². The molecule has 2 aliphatic heterocycles. The Morgan fingerprint density at radius 1 is 1.35 bits per heavy atom. The van der Waals surface area contributed by atoms with Crippen LogP contribution in [0.4, 0.5) is 4.39 Å². The van der Waals surface area contributed by atoms with Crippen LogP contribution in [0.3, 0.4) is 0 Å². The van der Waals surface area contributed by atoms with Gasteiger partial charge in [0.1, 0.15) is 11.9 Å². The highest BCUT2D eigenvalue weighted by Gasteiger charge is 2.29. The number of nitrogens with zero attached hydrogens (tertiary/aromatic N) is 2. The van der Waals surface area contributed by atoms with Crippen molar-refractivity contribution in [3.8, 4) is 0 Å². The van der Waals surface area contributed by atoms with Crippen molar-refractivity contribution in [2.24, 2.45) is 0 Å². The van der Waals surface area contributed by atoms with Crippen LogP contribution in [0, 0.1) is 5.82 Å². The average molecular weight is 321 g/mol. The number of hydrogen-bond acceptors (Lipinski definition) is 4. The standard InChI is InChI=1S/C16H20FN3O3/c17-13-4-2-1-3-12(13)14-10-20(7-8-23-14)16(22)11-19-6-5-18-9-15(19)21/h1-4,14,18H,5-11H2/t14-/m1/s1. The molecule has 6 nitrogen and oxygen atoms in total. The smallest absolute Gasteiger partial charge is 0.242 e. The SMILES string of the molecule is O=C1CNCCN1CC(=O)N1CCO[C@@H](c2ccccc2F)C1. The number of halogens is 1. The van der Waals surface area contributed by atoms with Gasteiger partial charge in [0.05, 0.1) is 26.2 Å². The van der Waals surface area contributed by atoms with Crippen molar-refractivity contribution in [2.45, 2.75) is 6.10 Å². The summed E-state index contributed by atoms with van der Waals surface area (Å²) in [6.07, 6.45) is -0.465. The van der Waals surface area contributed by atoms with E-state index in [2.05, 4.69) is 5.32 Å². The summed E-state index contributed by atoms with van der Waals surface area (Å²) in [5, 5.41) is 2.97. The molecule has 0 aromatic heterocycles. The van der Waals surface area contributed by atoms with Crippen LogP contribution in [0.2, 0.25) is 0 Å². The van der Waals surface area contributed by atoms with E-state index in [1.54, 1.807) is 28.0 Å². The average Bonchev–Trinajstić information content (AvgIpc) is 2.57. The van der Waals surface area contributed by atoms with Gasteiger partial charge in [-0.3, -0.25) is 9.59 Å². The molecule has 23 heavy (non-hydrogen) atoms. The van der Waals surface area contributed by atoms with E-state index in [0.717, 1.165) is 0 Å². The molecule has 2 fully saturated rings. The number of rotatable bonds is 3. The fraction of sp³-hybridized carbons (Fsp3) is 0.500. The lowest BCUT2D eigenvalue weighted by molar-refractivity contribution is -0.145. The number of carbonyl (C=O) groups is 2. The normalized spacial score (nSPS) is 22.3. The quantitative estimate of drug-likeness (QED) is 0.861. The summed E-state index contributed by atoms with van der Waals surface area (Å²) in [6, 6.07) is 6.44. The number of benzene rings is 1. The third kappa shape index (κ3) is 3.68. The van der Waals surface area contributed by atoms with Crippen molar-refractivity contribution >= 4 is 11.8 Å². The van der Waals surface area contributed by atoms with Crippen LogP contribution >= 0.6 is 0 Å². The van der Waals surface area contributed by atoms with Gasteiger partial charge in [-0.05, 0) is 6.07 Å². The second-order valence-electron chi connectivity index (χ2n) is 5.71. The van der Waals surface area contributed by atoms with Gasteiger partial charge in [-0.2, -0.15) is 0 Å². The van der Waals surface area contributed by atoms with Crippen LogP contribution in [-0.2, 0) is 14.3 Å². The number of amides is 2. The predicted molar refractivity (Wildman–Crippen MR) is 81.1 cm³/mol. The minimum atomic E-state index is -0.465. The Hall–Kier alpha value is -1.99. The molecule has 0 radical (unpaired) electrons. The molecule has 0 spiro atoms. The van der Waals surface area contributed by atoms with Crippen molar-refractivity contribution in [3.63, 3.8) is 0 Å². The molecule has 2 aliphatic rings. The predicted octanol–water partition coefficient (Wildman–Crippen LogP) is 0.157. The van der Waals surface area contributed by atoms with Crippen molar-refractivity contribution in [2.75, 3.05) is 45.9 Å². The van der Waals surface area contributed by atoms with E-state index in [1.165, 1.54) is 6.07 Å². The van der Waals surface area contributed by atoms with Gasteiger partial charge in [0.15, 0.2) is 0 Å². The van der Waals surface area contributed by atoms with Crippen LogP contribution in [0.5, 0.6) is 0 Å². The van der Waals surface area contributed by atoms with Crippen LogP contribution in [-0.4, -0.2) is 67.5 Å². The molecule has 0 aliphatic carbocycles. The van der Waals surface area contributed by atoms with E-state index in [9.17, 15) is 14.0 Å². The first-order valence-corrected chi connectivity index (χ1v) is 7.77. The van der Waals surface area contributed by atoms with Gasteiger partial charge in [-0.25, -0.2) is 4.39 Å². The summed E-state index contributed by atoms with van der Waals surface area (Å²) in [5.41, 5.74) is 0.461. The molecule has 2 amide bonds. The third-order valence-corrected chi connectivity index (χ3v) is 4.18. The molecule has 0 bridgehead atoms. The van der Waals surface area contributed by atoms with Gasteiger partial charge in [0.2, 0.25) is 11.8 Å². The summed E-state index contributed by atoms with van der Waals surface area (Å²) in [5.74, 6) is -0.516. The molecule has 1 atom stereocenters. The number of nitrogens with one attached hydrogen (secondary N) is 1. The van der Waals surface area contributed by atoms with Gasteiger partial charge in [0, 0.05) is 25.2 Å². The van der Waals surface area contributed by atoms with E-state index in [-0.39, 0.29) is 30.7 Å². The largest absolute Gasteiger partial charge is 0.370 e. The van der Waals surface area contributed by atoms with E-state index in [0.29, 0.717) is 38.3 Å². The molecule has 7 heteroatoms. The Labute approximate surface area is 134 Å². The van der Waals surface area contributed by atoms with Crippen molar-refractivity contribution in [3.05, 3.63) is 35.6 Å². The highest BCUT2D eigenvalue weighted by Crippen LogP contribution is 2.24. The molecule has 2 saturated heterocycles. The fourth-order valence-electron chi connectivity index (χ4n) is 2.88. The Balaban J connectivity index is 1.63. The fourth-order valence-corrected chi connectivity index (χ4v) is 2.88. The minimum Gasteiger partial charge on any atom is -0.370 e. The van der Waals surface area contributed by atoms with Crippen molar-refractivity contribution in [1.29, 1.82) is 0 Å². The minimum absolute atomic E-state index is 0.0662. The van der Waals surface area contributed by atoms with Gasteiger partial charge in [-0.15, -0.1) is 0 Å². The Morgan fingerprint density at radius 3 is 2.96 bits per heavy atom. The summed E-state index contributed by atoms with van der Waals surface area (Å²) in [4.78, 5) is 27.4. The highest BCUT2D eigenvalue weighted by molar-refractivity contribution is 5.86. The van der Waals surface area contributed by atoms with Gasteiger partial charge >= 0.3 is 0 Å². The van der Waals surface area contributed by atoms with Gasteiger partial charge in [0.25, 0.3) is 0 Å². The van der Waals surface area contributed by atoms with Crippen LogP contribution in [0.25, 0.3) is 0 Å². The van der Waals surface area contributed by atoms with Crippen LogP contribution in [0.15, 0.2) is 24.3 Å². The molecule has 2 heterocycles. The van der Waals surface area contributed by atoms with Gasteiger partial charge in [-0.1, -0.05) is 18.2 Å². The van der Waals surface area contributed by atoms with E-state index in [4.69, 9.17) is 4.74 Å². The maximum atomic E-state index is 13.9. The van der Waals surface area contributed by atoms with Crippen LogP contribution < -0.4 is 5.32 Å². The molecular weight excluding hydrogens is 301 g/mol. The summed E-state index contributed by atoms with van der Waals surface area (Å²) >= 11 is 0. The second kappa shape index (κ2) is 7.06. The zero-order valence-electron chi connectivity index (χ0n) is 12.8. The van der Waals surface area contributed by atoms with Crippen LogP contribution in [0.1, 0.15) is 11.7 Å². The summed E-state index contributed by atoms with van der Waals surface area (Å²) in [6.45, 7) is 2.70. The second-order valence-corrected chi connectivity index (χ2v) is 5.71. The first kappa shape index (κ1) is 15.9. The zero-order valence-corrected chi connectivity index (χ0v) is 12.8. The molecular formula is C16H20FN3O3. The number of morpholine rings is 1. The maximum absolute atomic E-state index is 13.9. The molecule has 1 aromatic carbocycles. The van der Waals surface area contributed by atoms with E-state index < -0.39 is 6.10 Å². The number of hydrogen-bond donors (Lipinski definition) is 1. The third-order valence-electron chi connectivity index (χ3n) is 4.18. The number of carbonyl (C=O) groups excluding carboxylic acids is 2. The Bertz CT molecular complexity index is 596. The van der Waals surface area contributed by atoms with Crippen molar-refractivity contribution in [1.82, 2.24) is 15.1 Å². The molecule has 0 saturated carbocycles. The molecule has 1 N–H and O–H groups in total. The lowest BCUT2D eigenvalue weighted by Gasteiger charge is -2.35.